The van der Waals surface area contributed by atoms with E-state index in [4.69, 9.17) is 11.6 Å². The highest BCUT2D eigenvalue weighted by Crippen LogP contribution is 2.19. The maximum Gasteiger partial charge on any atom is 0.148 e. The Balaban J connectivity index is 1.80. The molecule has 1 N–H and O–H groups in total. The standard InChI is InChI=1S/C15H12ClN3/c16-14-9-17-10-19-15(14)18-8-11-5-6-12-3-1-2-4-13(12)7-11/h1-7,9-10H,8H2,(H,17,18,19). The van der Waals surface area contributed by atoms with E-state index in [1.165, 1.54) is 22.7 Å². The van der Waals surface area contributed by atoms with Crippen molar-refractivity contribution in [1.29, 1.82) is 0 Å². The molecule has 3 aromatic rings. The number of halogens is 1. The zero-order valence-electron chi connectivity index (χ0n) is 10.2. The van der Waals surface area contributed by atoms with E-state index in [2.05, 4.69) is 45.6 Å². The zero-order chi connectivity index (χ0) is 13.1. The molecule has 3 nitrogen and oxygen atoms in total. The van der Waals surface area contributed by atoms with Crippen molar-refractivity contribution in [1.82, 2.24) is 9.97 Å². The molecule has 0 atom stereocenters. The number of nitrogens with zero attached hydrogens (tertiary/aromatic N) is 2. The van der Waals surface area contributed by atoms with Gasteiger partial charge in [-0.05, 0) is 22.4 Å². The lowest BCUT2D eigenvalue weighted by molar-refractivity contribution is 1.08. The summed E-state index contributed by atoms with van der Waals surface area (Å²) in [5.41, 5.74) is 1.19. The highest BCUT2D eigenvalue weighted by Gasteiger charge is 2.01. The van der Waals surface area contributed by atoms with Gasteiger partial charge in [-0.1, -0.05) is 48.0 Å². The fourth-order valence-corrected chi connectivity index (χ4v) is 2.15. The molecule has 1 aromatic heterocycles. The Hall–Kier alpha value is -2.13. The topological polar surface area (TPSA) is 37.8 Å². The second-order valence-electron chi connectivity index (χ2n) is 4.25. The van der Waals surface area contributed by atoms with E-state index in [0.717, 1.165) is 0 Å². The molecule has 0 spiro atoms. The molecule has 0 saturated carbocycles. The third-order valence-corrected chi connectivity index (χ3v) is 3.22. The van der Waals surface area contributed by atoms with Gasteiger partial charge in [-0.15, -0.1) is 0 Å². The van der Waals surface area contributed by atoms with Crippen LogP contribution in [0.1, 0.15) is 5.56 Å². The van der Waals surface area contributed by atoms with Crippen LogP contribution < -0.4 is 5.32 Å². The SMILES string of the molecule is Clc1cncnc1NCc1ccc2ccccc2c1. The van der Waals surface area contributed by atoms with Crippen LogP contribution in [0.3, 0.4) is 0 Å². The predicted molar refractivity (Wildman–Crippen MR) is 78.3 cm³/mol. The molecule has 0 radical (unpaired) electrons. The van der Waals surface area contributed by atoms with Crippen molar-refractivity contribution in [2.75, 3.05) is 5.32 Å². The monoisotopic (exact) mass is 269 g/mol. The number of benzene rings is 2. The van der Waals surface area contributed by atoms with Crippen molar-refractivity contribution in [3.8, 4) is 0 Å². The fourth-order valence-electron chi connectivity index (χ4n) is 1.98. The minimum absolute atomic E-state index is 0.531. The molecule has 19 heavy (non-hydrogen) atoms. The minimum Gasteiger partial charge on any atom is -0.365 e. The number of anilines is 1. The third kappa shape index (κ3) is 2.66. The molecule has 1 heterocycles. The van der Waals surface area contributed by atoms with Crippen LogP contribution >= 0.6 is 11.6 Å². The van der Waals surface area contributed by atoms with Crippen LogP contribution in [0.15, 0.2) is 55.0 Å². The molecular formula is C15H12ClN3. The number of hydrogen-bond donors (Lipinski definition) is 1. The minimum atomic E-state index is 0.531. The maximum absolute atomic E-state index is 6.00. The Morgan fingerprint density at radius 1 is 1.05 bits per heavy atom. The fraction of sp³-hybridized carbons (Fsp3) is 0.0667. The van der Waals surface area contributed by atoms with Gasteiger partial charge in [0, 0.05) is 6.54 Å². The van der Waals surface area contributed by atoms with Crippen molar-refractivity contribution >= 4 is 28.2 Å². The van der Waals surface area contributed by atoms with Gasteiger partial charge < -0.3 is 5.32 Å². The van der Waals surface area contributed by atoms with Gasteiger partial charge >= 0.3 is 0 Å². The van der Waals surface area contributed by atoms with Crippen LogP contribution in [0, 0.1) is 0 Å². The average Bonchev–Trinajstić information content (AvgIpc) is 2.46. The second kappa shape index (κ2) is 5.24. The lowest BCUT2D eigenvalue weighted by Crippen LogP contribution is -2.02. The van der Waals surface area contributed by atoms with E-state index in [0.29, 0.717) is 17.4 Å². The van der Waals surface area contributed by atoms with Gasteiger partial charge in [-0.2, -0.15) is 0 Å². The molecule has 0 bridgehead atoms. The lowest BCUT2D eigenvalue weighted by Gasteiger charge is -2.07. The molecule has 0 aliphatic carbocycles. The van der Waals surface area contributed by atoms with Crippen molar-refractivity contribution in [2.45, 2.75) is 6.54 Å². The van der Waals surface area contributed by atoms with Crippen molar-refractivity contribution < 1.29 is 0 Å². The van der Waals surface area contributed by atoms with E-state index in [9.17, 15) is 0 Å². The molecule has 4 heteroatoms. The smallest absolute Gasteiger partial charge is 0.148 e. The van der Waals surface area contributed by atoms with Gasteiger partial charge in [-0.3, -0.25) is 0 Å². The van der Waals surface area contributed by atoms with E-state index in [1.54, 1.807) is 6.20 Å². The first-order valence-electron chi connectivity index (χ1n) is 6.00. The summed E-state index contributed by atoms with van der Waals surface area (Å²) < 4.78 is 0. The predicted octanol–water partition coefficient (Wildman–Crippen LogP) is 3.90. The molecule has 0 aliphatic rings. The zero-order valence-corrected chi connectivity index (χ0v) is 10.9. The third-order valence-electron chi connectivity index (χ3n) is 2.94. The Labute approximate surface area is 116 Å². The van der Waals surface area contributed by atoms with E-state index in [-0.39, 0.29) is 0 Å². The van der Waals surface area contributed by atoms with Crippen LogP contribution in [0.5, 0.6) is 0 Å². The Morgan fingerprint density at radius 3 is 2.74 bits per heavy atom. The van der Waals surface area contributed by atoms with Crippen LogP contribution in [-0.4, -0.2) is 9.97 Å². The number of hydrogen-bond acceptors (Lipinski definition) is 3. The van der Waals surface area contributed by atoms with Crippen LogP contribution in [0.25, 0.3) is 10.8 Å². The number of nitrogens with one attached hydrogen (secondary N) is 1. The number of fused-ring (bicyclic) bond motifs is 1. The maximum atomic E-state index is 6.00. The number of aromatic nitrogens is 2. The molecule has 94 valence electrons. The highest BCUT2D eigenvalue weighted by atomic mass is 35.5. The molecule has 0 fully saturated rings. The van der Waals surface area contributed by atoms with Crippen molar-refractivity contribution in [3.05, 3.63) is 65.6 Å². The van der Waals surface area contributed by atoms with Gasteiger partial charge in [-0.25, -0.2) is 9.97 Å². The normalized spacial score (nSPS) is 10.6. The van der Waals surface area contributed by atoms with Gasteiger partial charge in [0.2, 0.25) is 0 Å². The second-order valence-corrected chi connectivity index (χ2v) is 4.66. The number of rotatable bonds is 3. The molecule has 0 unspecified atom stereocenters. The van der Waals surface area contributed by atoms with Crippen LogP contribution in [0.4, 0.5) is 5.82 Å². The quantitative estimate of drug-likeness (QED) is 0.784. The van der Waals surface area contributed by atoms with Gasteiger partial charge in [0.1, 0.15) is 17.2 Å². The van der Waals surface area contributed by atoms with E-state index >= 15 is 0 Å². The lowest BCUT2D eigenvalue weighted by atomic mass is 10.1. The van der Waals surface area contributed by atoms with E-state index < -0.39 is 0 Å². The summed E-state index contributed by atoms with van der Waals surface area (Å²) in [6.45, 7) is 0.682. The summed E-state index contributed by atoms with van der Waals surface area (Å²) in [5.74, 6) is 0.657. The summed E-state index contributed by atoms with van der Waals surface area (Å²) in [7, 11) is 0. The largest absolute Gasteiger partial charge is 0.365 e. The highest BCUT2D eigenvalue weighted by molar-refractivity contribution is 6.32. The van der Waals surface area contributed by atoms with Gasteiger partial charge in [0.25, 0.3) is 0 Å². The van der Waals surface area contributed by atoms with E-state index in [1.807, 2.05) is 12.1 Å². The molecular weight excluding hydrogens is 258 g/mol. The Kier molecular flexibility index (Phi) is 3.29. The molecule has 2 aromatic carbocycles. The first kappa shape index (κ1) is 11.9. The summed E-state index contributed by atoms with van der Waals surface area (Å²) in [6, 6.07) is 14.7. The summed E-state index contributed by atoms with van der Waals surface area (Å²) in [4.78, 5) is 7.96. The van der Waals surface area contributed by atoms with Crippen molar-refractivity contribution in [2.24, 2.45) is 0 Å². The average molecular weight is 270 g/mol. The van der Waals surface area contributed by atoms with Gasteiger partial charge in [0.05, 0.1) is 6.20 Å². The summed E-state index contributed by atoms with van der Waals surface area (Å²) in [5, 5.41) is 6.22. The van der Waals surface area contributed by atoms with Crippen molar-refractivity contribution in [3.63, 3.8) is 0 Å². The first-order valence-corrected chi connectivity index (χ1v) is 6.38. The molecule has 0 aliphatic heterocycles. The van der Waals surface area contributed by atoms with Gasteiger partial charge in [0.15, 0.2) is 0 Å². The Bertz CT molecular complexity index is 712. The summed E-state index contributed by atoms with van der Waals surface area (Å²) >= 11 is 6.00. The van der Waals surface area contributed by atoms with Crippen LogP contribution in [-0.2, 0) is 6.54 Å². The first-order chi connectivity index (χ1) is 9.33. The molecule has 0 amide bonds. The molecule has 0 saturated heterocycles. The Morgan fingerprint density at radius 2 is 1.89 bits per heavy atom. The summed E-state index contributed by atoms with van der Waals surface area (Å²) in [6.07, 6.45) is 3.06. The van der Waals surface area contributed by atoms with Crippen LogP contribution in [0.2, 0.25) is 5.02 Å². The molecule has 3 rings (SSSR count).